The fourth-order valence-electron chi connectivity index (χ4n) is 4.70. The van der Waals surface area contributed by atoms with Crippen molar-refractivity contribution in [3.63, 3.8) is 0 Å². The second-order valence-corrected chi connectivity index (χ2v) is 11.7. The second-order valence-electron chi connectivity index (χ2n) is 10.3. The van der Waals surface area contributed by atoms with Crippen LogP contribution in [0.2, 0.25) is 0 Å². The van der Waals surface area contributed by atoms with E-state index >= 15 is 0 Å². The van der Waals surface area contributed by atoms with Crippen molar-refractivity contribution >= 4 is 28.1 Å². The van der Waals surface area contributed by atoms with E-state index in [0.717, 1.165) is 0 Å². The number of amides is 2. The number of imide groups is 1. The van der Waals surface area contributed by atoms with Crippen molar-refractivity contribution in [2.24, 2.45) is 0 Å². The number of nitrogens with one attached hydrogen (secondary N) is 2. The van der Waals surface area contributed by atoms with Gasteiger partial charge in [-0.1, -0.05) is 0 Å². The van der Waals surface area contributed by atoms with Crippen molar-refractivity contribution in [1.82, 2.24) is 15.1 Å². The summed E-state index contributed by atoms with van der Waals surface area (Å²) in [6.45, 7) is 7.23. The summed E-state index contributed by atoms with van der Waals surface area (Å²) in [6.07, 6.45) is -1.30. The number of fused-ring (bicyclic) bond motifs is 3. The van der Waals surface area contributed by atoms with Crippen molar-refractivity contribution in [1.29, 1.82) is 0 Å². The Hall–Kier alpha value is -1.76. The van der Waals surface area contributed by atoms with Gasteiger partial charge in [0.05, 0.1) is 6.61 Å². The van der Waals surface area contributed by atoms with Gasteiger partial charge in [-0.15, -0.1) is 5.06 Å². The molecule has 0 aromatic rings. The molecule has 2 amide bonds. The van der Waals surface area contributed by atoms with E-state index in [0.29, 0.717) is 18.0 Å². The average Bonchev–Trinajstić information content (AvgIpc) is 3.41. The zero-order chi connectivity index (χ0) is 27.8. The average molecular weight is 566 g/mol. The molecule has 0 unspecified atom stereocenters. The summed E-state index contributed by atoms with van der Waals surface area (Å²) in [6, 6.07) is 0. The molecule has 216 valence electrons. The van der Waals surface area contributed by atoms with Gasteiger partial charge in [-0.2, -0.15) is 13.1 Å². The maximum absolute atomic E-state index is 12.5. The van der Waals surface area contributed by atoms with Gasteiger partial charge in [0.15, 0.2) is 11.6 Å². The first-order chi connectivity index (χ1) is 17.7. The van der Waals surface area contributed by atoms with Crippen LogP contribution in [0.3, 0.4) is 0 Å². The van der Waals surface area contributed by atoms with Crippen LogP contribution < -0.4 is 10.0 Å². The van der Waals surface area contributed by atoms with E-state index in [1.807, 2.05) is 0 Å². The zero-order valence-electron chi connectivity index (χ0n) is 21.9. The predicted octanol–water partition coefficient (Wildman–Crippen LogP) is -0.787. The topological polar surface area (TPSA) is 177 Å². The SMILES string of the molecule is CC1(C)O[C@@H]2[C@@H](CO[C@@]3(COS(=O)(=O)NCCNCCCC(=O)ON4C(=O)CCC4=O)OC(C)(C)O[C@@H]23)O1. The lowest BCUT2D eigenvalue weighted by molar-refractivity contribution is -0.290. The van der Waals surface area contributed by atoms with Crippen LogP contribution in [0.4, 0.5) is 0 Å². The minimum atomic E-state index is -4.16. The Morgan fingerprint density at radius 2 is 1.74 bits per heavy atom. The number of carbonyl (C=O) groups is 3. The third kappa shape index (κ3) is 6.86. The highest BCUT2D eigenvalue weighted by molar-refractivity contribution is 7.84. The van der Waals surface area contributed by atoms with Crippen LogP contribution in [0.5, 0.6) is 0 Å². The number of hydrogen-bond donors (Lipinski definition) is 2. The molecule has 15 nitrogen and oxygen atoms in total. The molecular weight excluding hydrogens is 530 g/mol. The van der Waals surface area contributed by atoms with E-state index < -0.39 is 70.4 Å². The van der Waals surface area contributed by atoms with Crippen molar-refractivity contribution in [2.75, 3.05) is 32.8 Å². The number of rotatable bonds is 12. The molecule has 0 aliphatic carbocycles. The maximum atomic E-state index is 12.5. The lowest BCUT2D eigenvalue weighted by atomic mass is 9.98. The first-order valence-corrected chi connectivity index (χ1v) is 13.9. The minimum absolute atomic E-state index is 0.0134. The largest absolute Gasteiger partial charge is 0.343 e. The molecule has 0 aromatic carbocycles. The van der Waals surface area contributed by atoms with E-state index in [2.05, 4.69) is 10.0 Å². The van der Waals surface area contributed by atoms with Gasteiger partial charge in [-0.05, 0) is 40.7 Å². The first-order valence-electron chi connectivity index (χ1n) is 12.5. The van der Waals surface area contributed by atoms with Gasteiger partial charge in [-0.25, -0.2) is 4.79 Å². The fraction of sp³-hybridized carbons (Fsp3) is 0.864. The summed E-state index contributed by atoms with van der Waals surface area (Å²) in [4.78, 5) is 39.5. The van der Waals surface area contributed by atoms with Gasteiger partial charge in [0.25, 0.3) is 11.8 Å². The smallest absolute Gasteiger partial charge is 0.336 e. The summed E-state index contributed by atoms with van der Waals surface area (Å²) in [5.41, 5.74) is 0. The number of hydrogen-bond acceptors (Lipinski definition) is 13. The van der Waals surface area contributed by atoms with Crippen LogP contribution in [0.25, 0.3) is 0 Å². The van der Waals surface area contributed by atoms with Crippen LogP contribution in [-0.4, -0.2) is 99.8 Å². The normalized spacial score (nSPS) is 31.9. The Morgan fingerprint density at radius 1 is 1.03 bits per heavy atom. The van der Waals surface area contributed by atoms with Gasteiger partial charge in [0, 0.05) is 32.4 Å². The highest BCUT2D eigenvalue weighted by Gasteiger charge is 2.65. The van der Waals surface area contributed by atoms with Gasteiger partial charge in [0.2, 0.25) is 5.79 Å². The molecule has 4 saturated heterocycles. The Kier molecular flexibility index (Phi) is 8.47. The quantitative estimate of drug-likeness (QED) is 0.222. The van der Waals surface area contributed by atoms with E-state index in [1.165, 1.54) is 0 Å². The molecule has 4 rings (SSSR count). The summed E-state index contributed by atoms with van der Waals surface area (Å²) in [5.74, 6) is -5.18. The van der Waals surface area contributed by atoms with Gasteiger partial charge in [-0.3, -0.25) is 13.8 Å². The van der Waals surface area contributed by atoms with Gasteiger partial charge in [0.1, 0.15) is 24.9 Å². The van der Waals surface area contributed by atoms with E-state index in [-0.39, 0.29) is 39.0 Å². The molecule has 2 N–H and O–H groups in total. The zero-order valence-corrected chi connectivity index (χ0v) is 22.7. The minimum Gasteiger partial charge on any atom is -0.343 e. The predicted molar refractivity (Wildman–Crippen MR) is 125 cm³/mol. The second kappa shape index (κ2) is 11.0. The highest BCUT2D eigenvalue weighted by atomic mass is 32.2. The Balaban J connectivity index is 1.16. The van der Waals surface area contributed by atoms with Crippen molar-refractivity contribution in [3.05, 3.63) is 0 Å². The van der Waals surface area contributed by atoms with Gasteiger partial charge < -0.3 is 33.8 Å². The lowest BCUT2D eigenvalue weighted by Crippen LogP contribution is -2.60. The van der Waals surface area contributed by atoms with Crippen molar-refractivity contribution in [3.8, 4) is 0 Å². The van der Waals surface area contributed by atoms with Crippen LogP contribution in [-0.2, 0) is 57.4 Å². The maximum Gasteiger partial charge on any atom is 0.336 e. The Bertz CT molecular complexity index is 1020. The Morgan fingerprint density at radius 3 is 2.45 bits per heavy atom. The van der Waals surface area contributed by atoms with Gasteiger partial charge >= 0.3 is 16.3 Å². The molecule has 38 heavy (non-hydrogen) atoms. The molecular formula is C22H35N3O12S. The van der Waals surface area contributed by atoms with Crippen LogP contribution >= 0.6 is 0 Å². The number of nitrogens with zero attached hydrogens (tertiary/aromatic N) is 1. The third-order valence-corrected chi connectivity index (χ3v) is 7.19. The number of ether oxygens (including phenoxy) is 5. The summed E-state index contributed by atoms with van der Waals surface area (Å²) >= 11 is 0. The molecule has 4 fully saturated rings. The Labute approximate surface area is 220 Å². The van der Waals surface area contributed by atoms with E-state index in [1.54, 1.807) is 27.7 Å². The molecule has 4 aliphatic rings. The molecule has 0 radical (unpaired) electrons. The molecule has 4 heterocycles. The lowest BCUT2D eigenvalue weighted by Gasteiger charge is -2.40. The van der Waals surface area contributed by atoms with Crippen LogP contribution in [0.1, 0.15) is 53.4 Å². The molecule has 0 bridgehead atoms. The molecule has 4 atom stereocenters. The highest BCUT2D eigenvalue weighted by Crippen LogP contribution is 2.47. The summed E-state index contributed by atoms with van der Waals surface area (Å²) in [7, 11) is -4.16. The number of hydroxylamine groups is 2. The first kappa shape index (κ1) is 29.2. The summed E-state index contributed by atoms with van der Waals surface area (Å²) < 4.78 is 62.1. The van der Waals surface area contributed by atoms with E-state index in [9.17, 15) is 22.8 Å². The molecule has 16 heteroatoms. The monoisotopic (exact) mass is 565 g/mol. The van der Waals surface area contributed by atoms with Crippen molar-refractivity contribution in [2.45, 2.75) is 89.1 Å². The standard InChI is InChI=1S/C22H35N3O12S/c1-20(2)33-14-12-31-22(19(18(14)34-20)35-21(3,4)37-22)13-32-38(29,30)24-11-10-23-9-5-6-17(28)36-25-15(26)7-8-16(25)27/h14,18-19,23-24H,5-13H2,1-4H3/t14-,18-,19+,22+/m1/s1. The number of carbonyl (C=O) groups excluding carboxylic acids is 3. The molecule has 0 spiro atoms. The molecule has 0 saturated carbocycles. The van der Waals surface area contributed by atoms with Crippen LogP contribution in [0.15, 0.2) is 0 Å². The van der Waals surface area contributed by atoms with Crippen molar-refractivity contribution < 1.29 is 55.5 Å². The van der Waals surface area contributed by atoms with E-state index in [4.69, 9.17) is 32.7 Å². The summed E-state index contributed by atoms with van der Waals surface area (Å²) in [5, 5.41) is 3.47. The van der Waals surface area contributed by atoms with Crippen LogP contribution in [0, 0.1) is 0 Å². The fourth-order valence-corrected chi connectivity index (χ4v) is 5.46. The molecule has 0 aromatic heterocycles. The molecule has 4 aliphatic heterocycles. The third-order valence-electron chi connectivity index (χ3n) is 6.20.